The number of ketones is 3. The molecule has 0 amide bonds. The number of carbonyl (C=O) groups is 3. The quantitative estimate of drug-likeness (QED) is 0.288. The van der Waals surface area contributed by atoms with Crippen molar-refractivity contribution >= 4 is 17.3 Å². The molecule has 7 heteroatoms. The summed E-state index contributed by atoms with van der Waals surface area (Å²) in [6.07, 6.45) is 1.04. The van der Waals surface area contributed by atoms with Crippen LogP contribution in [0.5, 0.6) is 0 Å². The summed E-state index contributed by atoms with van der Waals surface area (Å²) >= 11 is 0. The van der Waals surface area contributed by atoms with Crippen LogP contribution in [0.25, 0.3) is 0 Å². The van der Waals surface area contributed by atoms with E-state index in [1.165, 1.54) is 0 Å². The zero-order valence-corrected chi connectivity index (χ0v) is 23.5. The van der Waals surface area contributed by atoms with Crippen molar-refractivity contribution in [2.45, 2.75) is 100 Å². The van der Waals surface area contributed by atoms with Crippen molar-refractivity contribution in [3.05, 3.63) is 0 Å². The Hall–Kier alpha value is -1.15. The molecule has 0 radical (unpaired) electrons. The number of hydrogen-bond donors (Lipinski definition) is 1. The lowest BCUT2D eigenvalue weighted by molar-refractivity contribution is -0.127. The molecule has 0 fully saturated rings. The summed E-state index contributed by atoms with van der Waals surface area (Å²) in [4.78, 5) is 36.4. The molecule has 0 aromatic rings. The summed E-state index contributed by atoms with van der Waals surface area (Å²) in [6, 6.07) is 0.125. The minimum Gasteiger partial charge on any atom is -0.379 e. The van der Waals surface area contributed by atoms with Crippen LogP contribution in [-0.4, -0.2) is 68.6 Å². The van der Waals surface area contributed by atoms with Gasteiger partial charge in [-0.15, -0.1) is 0 Å². The molecule has 0 unspecified atom stereocenters. The summed E-state index contributed by atoms with van der Waals surface area (Å²) in [5.41, 5.74) is -1.46. The predicted octanol–water partition coefficient (Wildman–Crippen LogP) is 4.40. The minimum atomic E-state index is -0.662. The number of rotatable bonds is 18. The van der Waals surface area contributed by atoms with Gasteiger partial charge in [-0.1, -0.05) is 69.2 Å². The highest BCUT2D eigenvalue weighted by atomic mass is 16.5. The van der Waals surface area contributed by atoms with E-state index in [-0.39, 0.29) is 49.1 Å². The molecule has 0 aliphatic heterocycles. The molecule has 0 atom stereocenters. The summed E-state index contributed by atoms with van der Waals surface area (Å²) in [5, 5.41) is 3.51. The zero-order valence-electron chi connectivity index (χ0n) is 23.5. The highest BCUT2D eigenvalue weighted by Crippen LogP contribution is 2.19. The van der Waals surface area contributed by atoms with Gasteiger partial charge in [-0.25, -0.2) is 0 Å². The highest BCUT2D eigenvalue weighted by molar-refractivity contribution is 5.84. The average molecular weight is 486 g/mol. The van der Waals surface area contributed by atoms with Crippen LogP contribution in [-0.2, 0) is 28.6 Å². The second-order valence-electron chi connectivity index (χ2n) is 12.0. The molecule has 0 aliphatic carbocycles. The number of hydrogen-bond acceptors (Lipinski definition) is 7. The normalized spacial score (nSPS) is 13.1. The van der Waals surface area contributed by atoms with Crippen LogP contribution in [0.4, 0.5) is 0 Å². The lowest BCUT2D eigenvalue weighted by Gasteiger charge is -2.36. The Labute approximate surface area is 208 Å². The van der Waals surface area contributed by atoms with Gasteiger partial charge in [0.15, 0.2) is 0 Å². The predicted molar refractivity (Wildman–Crippen MR) is 136 cm³/mol. The molecule has 0 heterocycles. The monoisotopic (exact) mass is 485 g/mol. The molecule has 0 aliphatic rings. The van der Waals surface area contributed by atoms with Crippen LogP contribution in [0.15, 0.2) is 0 Å². The molecule has 1 N–H and O–H groups in total. The Morgan fingerprint density at radius 1 is 0.647 bits per heavy atom. The summed E-state index contributed by atoms with van der Waals surface area (Å²) in [6.45, 7) is 21.0. The van der Waals surface area contributed by atoms with Gasteiger partial charge >= 0.3 is 0 Å². The van der Waals surface area contributed by atoms with E-state index >= 15 is 0 Å². The number of nitrogens with one attached hydrogen (secondary N) is 1. The lowest BCUT2D eigenvalue weighted by atomic mass is 9.89. The maximum absolute atomic E-state index is 12.2. The smallest absolute Gasteiger partial charge is 0.140 e. The second-order valence-corrected chi connectivity index (χ2v) is 12.0. The third-order valence-corrected chi connectivity index (χ3v) is 5.49. The molecule has 0 saturated heterocycles. The van der Waals surface area contributed by atoms with Crippen LogP contribution < -0.4 is 5.32 Å². The van der Waals surface area contributed by atoms with Crippen molar-refractivity contribution in [3.63, 3.8) is 0 Å². The Bertz CT molecular complexity index is 594. The zero-order chi connectivity index (χ0) is 26.6. The molecule has 34 heavy (non-hydrogen) atoms. The number of carbonyl (C=O) groups excluding carboxylic acids is 3. The third-order valence-electron chi connectivity index (χ3n) is 5.49. The summed E-state index contributed by atoms with van der Waals surface area (Å²) in [7, 11) is 0. The first-order chi connectivity index (χ1) is 15.5. The standard InChI is InChI=1S/C27H51NO6/c1-20(2)22(29)11-14-32-17-27(28-21(3)4,18-33-15-12-23(30)25(5,6)7)19-34-16-13-24(31)26(8,9)10/h20-21,28H,11-19H2,1-10H3. The van der Waals surface area contributed by atoms with Gasteiger partial charge in [0.1, 0.15) is 17.3 Å². The van der Waals surface area contributed by atoms with Crippen molar-refractivity contribution < 1.29 is 28.6 Å². The highest BCUT2D eigenvalue weighted by Gasteiger charge is 2.33. The summed E-state index contributed by atoms with van der Waals surface area (Å²) < 4.78 is 17.8. The molecule has 0 spiro atoms. The maximum Gasteiger partial charge on any atom is 0.140 e. The van der Waals surface area contributed by atoms with E-state index in [2.05, 4.69) is 5.32 Å². The molecule has 0 bridgehead atoms. The van der Waals surface area contributed by atoms with Gasteiger partial charge < -0.3 is 19.5 Å². The fourth-order valence-corrected chi connectivity index (χ4v) is 3.21. The Kier molecular flexibility index (Phi) is 14.6. The van der Waals surface area contributed by atoms with Gasteiger partial charge in [0, 0.05) is 42.1 Å². The van der Waals surface area contributed by atoms with Crippen LogP contribution in [0.2, 0.25) is 0 Å². The fourth-order valence-electron chi connectivity index (χ4n) is 3.21. The maximum atomic E-state index is 12.2. The minimum absolute atomic E-state index is 0.0190. The fraction of sp³-hybridized carbons (Fsp3) is 0.889. The van der Waals surface area contributed by atoms with E-state index in [4.69, 9.17) is 14.2 Å². The van der Waals surface area contributed by atoms with Crippen molar-refractivity contribution in [3.8, 4) is 0 Å². The summed E-state index contributed by atoms with van der Waals surface area (Å²) in [5.74, 6) is 0.441. The molecule has 0 aromatic heterocycles. The SMILES string of the molecule is CC(C)NC(COCCC(=O)C(C)C)(COCCC(=O)C(C)(C)C)COCCC(=O)C(C)(C)C. The molecular formula is C27H51NO6. The second kappa shape index (κ2) is 15.1. The van der Waals surface area contributed by atoms with E-state index in [1.54, 1.807) is 0 Å². The molecule has 0 rings (SSSR count). The van der Waals surface area contributed by atoms with Crippen molar-refractivity contribution in [1.29, 1.82) is 0 Å². The number of ether oxygens (including phenoxy) is 3. The molecule has 7 nitrogen and oxygen atoms in total. The average Bonchev–Trinajstić information content (AvgIpc) is 2.69. The van der Waals surface area contributed by atoms with Gasteiger partial charge in [-0.2, -0.15) is 0 Å². The first kappa shape index (κ1) is 32.8. The van der Waals surface area contributed by atoms with E-state index in [1.807, 2.05) is 69.2 Å². The first-order valence-electron chi connectivity index (χ1n) is 12.6. The van der Waals surface area contributed by atoms with Crippen LogP contribution in [0.3, 0.4) is 0 Å². The van der Waals surface area contributed by atoms with E-state index in [0.717, 1.165) is 0 Å². The largest absolute Gasteiger partial charge is 0.379 e. The van der Waals surface area contributed by atoms with Crippen molar-refractivity contribution in [2.24, 2.45) is 16.7 Å². The molecule has 0 aromatic carbocycles. The van der Waals surface area contributed by atoms with E-state index in [9.17, 15) is 14.4 Å². The first-order valence-corrected chi connectivity index (χ1v) is 12.6. The topological polar surface area (TPSA) is 90.9 Å². The molecule has 0 saturated carbocycles. The van der Waals surface area contributed by atoms with E-state index in [0.29, 0.717) is 39.1 Å². The van der Waals surface area contributed by atoms with Gasteiger partial charge in [0.05, 0.1) is 45.2 Å². The van der Waals surface area contributed by atoms with Crippen LogP contribution >= 0.6 is 0 Å². The van der Waals surface area contributed by atoms with Gasteiger partial charge in [-0.05, 0) is 0 Å². The third kappa shape index (κ3) is 14.3. The molecule has 200 valence electrons. The van der Waals surface area contributed by atoms with Crippen LogP contribution in [0.1, 0.15) is 88.5 Å². The Morgan fingerprint density at radius 3 is 1.29 bits per heavy atom. The molecular weight excluding hydrogens is 434 g/mol. The van der Waals surface area contributed by atoms with E-state index < -0.39 is 16.4 Å². The lowest BCUT2D eigenvalue weighted by Crippen LogP contribution is -2.59. The Morgan fingerprint density at radius 2 is 1.00 bits per heavy atom. The number of Topliss-reactive ketones (excluding diaryl/α,β-unsaturated/α-hetero) is 3. The van der Waals surface area contributed by atoms with Gasteiger partial charge in [-0.3, -0.25) is 14.4 Å². The van der Waals surface area contributed by atoms with Crippen molar-refractivity contribution in [1.82, 2.24) is 5.32 Å². The van der Waals surface area contributed by atoms with Crippen LogP contribution in [0, 0.1) is 16.7 Å². The van der Waals surface area contributed by atoms with Gasteiger partial charge in [0.25, 0.3) is 0 Å². The Balaban J connectivity index is 5.14. The van der Waals surface area contributed by atoms with Crippen molar-refractivity contribution in [2.75, 3.05) is 39.6 Å². The van der Waals surface area contributed by atoms with Gasteiger partial charge in [0.2, 0.25) is 0 Å².